The number of hydrogen-bond donors (Lipinski definition) is 2. The molecule has 0 bridgehead atoms. The van der Waals surface area contributed by atoms with Gasteiger partial charge in [-0.15, -0.1) is 0 Å². The normalized spacial score (nSPS) is 14.9. The number of carbonyl (C=O) groups is 1. The molecule has 0 aliphatic rings. The maximum Gasteiger partial charge on any atom is 0.407 e. The molecule has 0 radical (unpaired) electrons. The molecule has 0 aromatic heterocycles. The van der Waals surface area contributed by atoms with Gasteiger partial charge in [0.2, 0.25) is 0 Å². The molecule has 2 unspecified atom stereocenters. The second kappa shape index (κ2) is 8.48. The molecule has 18 heavy (non-hydrogen) atoms. The molecular weight excluding hydrogens is 252 g/mol. The topological polar surface area (TPSA) is 67.4 Å². The summed E-state index contributed by atoms with van der Waals surface area (Å²) in [5.41, 5.74) is -0.473. The zero-order valence-electron chi connectivity index (χ0n) is 12.0. The van der Waals surface area contributed by atoms with Crippen LogP contribution >= 0.6 is 0 Å². The summed E-state index contributed by atoms with van der Waals surface area (Å²) in [7, 11) is -0.744. The Hall–Kier alpha value is -0.620. The van der Waals surface area contributed by atoms with Crippen molar-refractivity contribution in [3.05, 3.63) is 0 Å². The maximum absolute atomic E-state index is 11.4. The first-order valence-electron chi connectivity index (χ1n) is 6.29. The van der Waals surface area contributed by atoms with Gasteiger partial charge >= 0.3 is 6.09 Å². The Morgan fingerprint density at radius 2 is 2.00 bits per heavy atom. The Labute approximate surface area is 113 Å². The molecule has 0 aromatic rings. The molecule has 0 saturated heterocycles. The van der Waals surface area contributed by atoms with Crippen LogP contribution < -0.4 is 10.6 Å². The molecule has 1 amide bonds. The number of rotatable bonds is 7. The van der Waals surface area contributed by atoms with Crippen LogP contribution in [0.25, 0.3) is 0 Å². The summed E-state index contributed by atoms with van der Waals surface area (Å²) in [6.45, 7) is 10.5. The minimum atomic E-state index is -0.744. The predicted octanol–water partition coefficient (Wildman–Crippen LogP) is 1.26. The number of nitrogens with one attached hydrogen (secondary N) is 2. The van der Waals surface area contributed by atoms with Gasteiger partial charge in [0.25, 0.3) is 0 Å². The average Bonchev–Trinajstić information content (AvgIpc) is 2.23. The largest absolute Gasteiger partial charge is 0.444 e. The summed E-state index contributed by atoms with van der Waals surface area (Å²) in [4.78, 5) is 11.4. The van der Waals surface area contributed by atoms with E-state index in [0.717, 1.165) is 0 Å². The second-order valence-electron chi connectivity index (χ2n) is 5.17. The molecule has 5 nitrogen and oxygen atoms in total. The standard InChI is InChI=1S/C12H26N2O3S/c1-6-18(16)8-7-13-10(2)9-14-11(15)17-12(3,4)5/h10,13H,6-9H2,1-5H3,(H,14,15). The Kier molecular flexibility index (Phi) is 8.18. The Balaban J connectivity index is 3.67. The molecule has 0 rings (SSSR count). The van der Waals surface area contributed by atoms with Crippen molar-refractivity contribution in [3.63, 3.8) is 0 Å². The fourth-order valence-corrected chi connectivity index (χ4v) is 1.82. The second-order valence-corrected chi connectivity index (χ2v) is 7.04. The highest BCUT2D eigenvalue weighted by Crippen LogP contribution is 2.06. The zero-order chi connectivity index (χ0) is 14.2. The van der Waals surface area contributed by atoms with Gasteiger partial charge in [0.05, 0.1) is 0 Å². The summed E-state index contributed by atoms with van der Waals surface area (Å²) >= 11 is 0. The summed E-state index contributed by atoms with van der Waals surface area (Å²) in [5, 5.41) is 5.89. The molecule has 0 saturated carbocycles. The lowest BCUT2D eigenvalue weighted by molar-refractivity contribution is 0.0523. The lowest BCUT2D eigenvalue weighted by Gasteiger charge is -2.21. The Bertz CT molecular complexity index is 277. The van der Waals surface area contributed by atoms with E-state index >= 15 is 0 Å². The highest BCUT2D eigenvalue weighted by Gasteiger charge is 2.16. The minimum Gasteiger partial charge on any atom is -0.444 e. The van der Waals surface area contributed by atoms with Gasteiger partial charge in [-0.05, 0) is 27.7 Å². The van der Waals surface area contributed by atoms with E-state index in [9.17, 15) is 9.00 Å². The van der Waals surface area contributed by atoms with Crippen molar-refractivity contribution in [1.29, 1.82) is 0 Å². The summed E-state index contributed by atoms with van der Waals surface area (Å²) in [6, 6.07) is 0.131. The molecule has 2 N–H and O–H groups in total. The molecule has 0 aliphatic carbocycles. The van der Waals surface area contributed by atoms with Gasteiger partial charge in [-0.3, -0.25) is 4.21 Å². The van der Waals surface area contributed by atoms with Gasteiger partial charge in [0, 0.05) is 41.4 Å². The predicted molar refractivity (Wildman–Crippen MR) is 75.3 cm³/mol. The van der Waals surface area contributed by atoms with Crippen LogP contribution in [0.4, 0.5) is 4.79 Å². The molecule has 0 aromatic carbocycles. The van der Waals surface area contributed by atoms with Crippen LogP contribution in [-0.4, -0.2) is 46.5 Å². The van der Waals surface area contributed by atoms with E-state index in [1.165, 1.54) is 0 Å². The Morgan fingerprint density at radius 1 is 1.39 bits per heavy atom. The van der Waals surface area contributed by atoms with Crippen LogP contribution in [0.15, 0.2) is 0 Å². The summed E-state index contributed by atoms with van der Waals surface area (Å²) < 4.78 is 16.3. The molecule has 108 valence electrons. The van der Waals surface area contributed by atoms with Crippen molar-refractivity contribution in [2.45, 2.75) is 46.3 Å². The molecular formula is C12H26N2O3S. The smallest absolute Gasteiger partial charge is 0.407 e. The van der Waals surface area contributed by atoms with Gasteiger partial charge in [-0.1, -0.05) is 6.92 Å². The van der Waals surface area contributed by atoms with E-state index in [4.69, 9.17) is 4.74 Å². The third-order valence-corrected chi connectivity index (χ3v) is 3.40. The molecule has 0 spiro atoms. The molecule has 0 aliphatic heterocycles. The lowest BCUT2D eigenvalue weighted by Crippen LogP contribution is -2.42. The van der Waals surface area contributed by atoms with Gasteiger partial charge in [-0.25, -0.2) is 4.79 Å². The highest BCUT2D eigenvalue weighted by molar-refractivity contribution is 7.84. The number of alkyl carbamates (subject to hydrolysis) is 1. The quantitative estimate of drug-likeness (QED) is 0.735. The van der Waals surface area contributed by atoms with Crippen molar-refractivity contribution >= 4 is 16.9 Å². The van der Waals surface area contributed by atoms with Crippen molar-refractivity contribution < 1.29 is 13.7 Å². The molecule has 0 heterocycles. The SMILES string of the molecule is CCS(=O)CCNC(C)CNC(=O)OC(C)(C)C. The lowest BCUT2D eigenvalue weighted by atomic mass is 10.2. The van der Waals surface area contributed by atoms with E-state index in [1.54, 1.807) is 0 Å². The number of ether oxygens (including phenoxy) is 1. The van der Waals surface area contributed by atoms with Crippen LogP contribution in [0, 0.1) is 0 Å². The van der Waals surface area contributed by atoms with Crippen molar-refractivity contribution in [2.75, 3.05) is 24.6 Å². The van der Waals surface area contributed by atoms with Crippen LogP contribution in [0.3, 0.4) is 0 Å². The number of amides is 1. The van der Waals surface area contributed by atoms with E-state index < -0.39 is 22.5 Å². The minimum absolute atomic E-state index is 0.131. The zero-order valence-corrected chi connectivity index (χ0v) is 12.9. The number of hydrogen-bond acceptors (Lipinski definition) is 4. The first kappa shape index (κ1) is 17.4. The van der Waals surface area contributed by atoms with Crippen LogP contribution in [0.5, 0.6) is 0 Å². The average molecular weight is 278 g/mol. The molecule has 6 heteroatoms. The summed E-state index contributed by atoms with van der Waals surface area (Å²) in [6.07, 6.45) is -0.409. The highest BCUT2D eigenvalue weighted by atomic mass is 32.2. The first-order valence-corrected chi connectivity index (χ1v) is 7.78. The van der Waals surface area contributed by atoms with Gasteiger partial charge in [0.1, 0.15) is 5.60 Å². The third-order valence-electron chi connectivity index (χ3n) is 2.10. The van der Waals surface area contributed by atoms with E-state index in [1.807, 2.05) is 34.6 Å². The van der Waals surface area contributed by atoms with Gasteiger partial charge in [-0.2, -0.15) is 0 Å². The van der Waals surface area contributed by atoms with Crippen molar-refractivity contribution in [3.8, 4) is 0 Å². The van der Waals surface area contributed by atoms with Crippen molar-refractivity contribution in [2.24, 2.45) is 0 Å². The van der Waals surface area contributed by atoms with E-state index in [0.29, 0.717) is 24.6 Å². The fraction of sp³-hybridized carbons (Fsp3) is 0.917. The molecule has 2 atom stereocenters. The van der Waals surface area contributed by atoms with Gasteiger partial charge < -0.3 is 15.4 Å². The third kappa shape index (κ3) is 10.5. The first-order chi connectivity index (χ1) is 8.24. The van der Waals surface area contributed by atoms with E-state index in [2.05, 4.69) is 10.6 Å². The van der Waals surface area contributed by atoms with Crippen molar-refractivity contribution in [1.82, 2.24) is 10.6 Å². The number of carbonyl (C=O) groups excluding carboxylic acids is 1. The fourth-order valence-electron chi connectivity index (χ4n) is 1.19. The molecule has 0 fully saturated rings. The summed E-state index contributed by atoms with van der Waals surface area (Å²) in [5.74, 6) is 1.33. The van der Waals surface area contributed by atoms with E-state index in [-0.39, 0.29) is 6.04 Å². The van der Waals surface area contributed by atoms with Crippen LogP contribution in [-0.2, 0) is 15.5 Å². The van der Waals surface area contributed by atoms with Crippen LogP contribution in [0.1, 0.15) is 34.6 Å². The van der Waals surface area contributed by atoms with Gasteiger partial charge in [0.15, 0.2) is 0 Å². The Morgan fingerprint density at radius 3 is 2.50 bits per heavy atom. The monoisotopic (exact) mass is 278 g/mol. The maximum atomic E-state index is 11.4. The van der Waals surface area contributed by atoms with Crippen LogP contribution in [0.2, 0.25) is 0 Å².